The van der Waals surface area contributed by atoms with Gasteiger partial charge < -0.3 is 8.98 Å². The Labute approximate surface area is 399 Å². The van der Waals surface area contributed by atoms with Gasteiger partial charge in [-0.3, -0.25) is 4.98 Å². The first-order valence-electron chi connectivity index (χ1n) is 22.3. The van der Waals surface area contributed by atoms with Crippen LogP contribution in [0.4, 0.5) is 0 Å². The maximum Gasteiger partial charge on any atom is 0.216 e. The van der Waals surface area contributed by atoms with Crippen LogP contribution in [0.5, 0.6) is 0 Å². The van der Waals surface area contributed by atoms with Crippen molar-refractivity contribution in [2.75, 3.05) is 0 Å². The first-order valence-corrected chi connectivity index (χ1v) is 29.6. The Morgan fingerprint density at radius 3 is 2.05 bits per heavy atom. The second-order valence-corrected chi connectivity index (χ2v) is 29.0. The molecule has 327 valence electrons. The second-order valence-electron chi connectivity index (χ2n) is 18.4. The number of para-hydroxylation sites is 2. The fourth-order valence-corrected chi connectivity index (χ4v) is 12.5. The predicted molar refractivity (Wildman–Crippen MR) is 270 cm³/mol. The van der Waals surface area contributed by atoms with E-state index in [1.165, 1.54) is 38.9 Å². The summed E-state index contributed by atoms with van der Waals surface area (Å²) in [7, 11) is 0. The Kier molecular flexibility index (Phi) is 13.3. The van der Waals surface area contributed by atoms with Crippen LogP contribution in [-0.2, 0) is 26.5 Å². The summed E-state index contributed by atoms with van der Waals surface area (Å²) in [5.74, 6) is 8.79. The number of hydrogen-bond donors (Lipinski definition) is 0. The minimum absolute atomic E-state index is 0. The first-order chi connectivity index (χ1) is 30.9. The first kappa shape index (κ1) is 45.6. The summed E-state index contributed by atoms with van der Waals surface area (Å²) in [6, 6.07) is 55.1. The molecule has 65 heavy (non-hydrogen) atoms. The minimum Gasteiger partial charge on any atom is -0.486 e. The van der Waals surface area contributed by atoms with E-state index in [0.29, 0.717) is 11.6 Å². The molecule has 0 unspecified atom stereocenters. The van der Waals surface area contributed by atoms with Gasteiger partial charge in [0.2, 0.25) is 5.71 Å². The van der Waals surface area contributed by atoms with Crippen LogP contribution in [0.3, 0.4) is 0 Å². The maximum atomic E-state index is 6.61. The number of hydrogen-bond acceptors (Lipinski definition) is 4. The number of pyridine rings is 2. The van der Waals surface area contributed by atoms with Crippen LogP contribution in [0.2, 0.25) is 17.3 Å². The Morgan fingerprint density at radius 1 is 0.646 bits per heavy atom. The molecular formula is C58H54GeIrN4O-2. The number of imidazole rings is 1. The van der Waals surface area contributed by atoms with Gasteiger partial charge in [-0.2, -0.15) is 0 Å². The van der Waals surface area contributed by atoms with E-state index in [4.69, 9.17) is 19.4 Å². The summed E-state index contributed by atoms with van der Waals surface area (Å²) in [4.78, 5) is 14.9. The van der Waals surface area contributed by atoms with Gasteiger partial charge in [-0.15, -0.1) is 18.2 Å². The molecule has 7 heteroatoms. The molecule has 1 radical (unpaired) electrons. The molecule has 0 spiro atoms. The summed E-state index contributed by atoms with van der Waals surface area (Å²) in [5, 5.41) is 1.98. The minimum atomic E-state index is -1.86. The molecule has 0 bridgehead atoms. The van der Waals surface area contributed by atoms with Gasteiger partial charge in [0.25, 0.3) is 0 Å². The Balaban J connectivity index is 0.000000232. The van der Waals surface area contributed by atoms with Gasteiger partial charge >= 0.3 is 126 Å². The van der Waals surface area contributed by atoms with Crippen molar-refractivity contribution in [2.24, 2.45) is 5.92 Å². The number of aromatic nitrogens is 4. The molecular weight excluding hydrogens is 1030 g/mol. The fraction of sp³-hybridized carbons (Fsp3) is 0.190. The molecule has 6 aromatic carbocycles. The van der Waals surface area contributed by atoms with Gasteiger partial charge in [0, 0.05) is 36.7 Å². The third-order valence-corrected chi connectivity index (χ3v) is 16.4. The number of fused-ring (bicyclic) bond motifs is 4. The summed E-state index contributed by atoms with van der Waals surface area (Å²) in [6.45, 7) is 13.2. The molecule has 4 aromatic heterocycles. The van der Waals surface area contributed by atoms with Crippen LogP contribution >= 0.6 is 0 Å². The summed E-state index contributed by atoms with van der Waals surface area (Å²) < 4.78 is 10.4. The number of nitrogens with zero attached hydrogens (tertiary/aromatic N) is 4. The average molecular weight is 1090 g/mol. The number of furan rings is 1. The normalized spacial score (nSPS) is 11.5. The van der Waals surface area contributed by atoms with E-state index in [0.717, 1.165) is 73.4 Å². The molecule has 0 amide bonds. The molecule has 0 atom stereocenters. The van der Waals surface area contributed by atoms with Crippen molar-refractivity contribution in [2.45, 2.75) is 65.2 Å². The van der Waals surface area contributed by atoms with Gasteiger partial charge in [-0.1, -0.05) is 71.6 Å². The van der Waals surface area contributed by atoms with Crippen LogP contribution in [-0.4, -0.2) is 32.8 Å². The van der Waals surface area contributed by atoms with Gasteiger partial charge in [0.1, 0.15) is 0 Å². The molecule has 0 saturated heterocycles. The van der Waals surface area contributed by atoms with E-state index in [2.05, 4.69) is 191 Å². The molecule has 0 aliphatic rings. The number of benzene rings is 6. The van der Waals surface area contributed by atoms with E-state index in [1.807, 2.05) is 30.3 Å². The SMILES string of the molecule is CC(C)Cc1cc(-c2[c-]cccc2)nc[c]1[Ge]([CH3])([CH3])[CH3].Cc1cccc(C)c1-c1ccc2c(n1)oc1c(-c3nc4ccccc4n3-c3c(C)cc(-c4ccccc4)cc3C)[c-]ccc12.[Ir]. The topological polar surface area (TPSA) is 56.7 Å². The van der Waals surface area contributed by atoms with E-state index >= 15 is 0 Å². The van der Waals surface area contributed by atoms with Crippen molar-refractivity contribution in [1.29, 1.82) is 0 Å². The molecule has 0 aliphatic carbocycles. The molecule has 10 aromatic rings. The van der Waals surface area contributed by atoms with Crippen LogP contribution in [0.15, 0.2) is 150 Å². The average Bonchev–Trinajstić information content (AvgIpc) is 3.85. The molecule has 0 fully saturated rings. The molecule has 0 N–H and O–H groups in total. The zero-order valence-corrected chi connectivity index (χ0v) is 43.2. The molecule has 0 aliphatic heterocycles. The third kappa shape index (κ3) is 9.18. The van der Waals surface area contributed by atoms with Crippen molar-refractivity contribution in [3.05, 3.63) is 186 Å². The zero-order valence-electron chi connectivity index (χ0n) is 38.7. The van der Waals surface area contributed by atoms with Crippen molar-refractivity contribution in [1.82, 2.24) is 19.5 Å². The Bertz CT molecular complexity index is 3270. The van der Waals surface area contributed by atoms with Crippen LogP contribution in [0.1, 0.15) is 41.7 Å². The second kappa shape index (κ2) is 18.9. The Hall–Kier alpha value is -5.92. The van der Waals surface area contributed by atoms with Crippen molar-refractivity contribution >= 4 is 50.8 Å². The molecule has 10 rings (SSSR count). The van der Waals surface area contributed by atoms with Gasteiger partial charge in [0.15, 0.2) is 0 Å². The van der Waals surface area contributed by atoms with Crippen molar-refractivity contribution in [3.63, 3.8) is 0 Å². The summed E-state index contributed by atoms with van der Waals surface area (Å²) >= 11 is -1.86. The van der Waals surface area contributed by atoms with Crippen LogP contribution < -0.4 is 4.40 Å². The molecule has 0 saturated carbocycles. The van der Waals surface area contributed by atoms with Crippen molar-refractivity contribution in [3.8, 4) is 50.7 Å². The van der Waals surface area contributed by atoms with Gasteiger partial charge in [0.05, 0.1) is 28.1 Å². The quantitative estimate of drug-likeness (QED) is 0.112. The van der Waals surface area contributed by atoms with E-state index < -0.39 is 13.3 Å². The summed E-state index contributed by atoms with van der Waals surface area (Å²) in [6.07, 6.45) is 3.27. The molecule has 4 heterocycles. The summed E-state index contributed by atoms with van der Waals surface area (Å²) in [5.41, 5.74) is 18.1. The number of rotatable bonds is 8. The zero-order chi connectivity index (χ0) is 44.7. The van der Waals surface area contributed by atoms with Gasteiger partial charge in [-0.05, 0) is 97.5 Å². The molecule has 5 nitrogen and oxygen atoms in total. The van der Waals surface area contributed by atoms with Crippen LogP contribution in [0.25, 0.3) is 83.8 Å². The fourth-order valence-electron chi connectivity index (χ4n) is 9.15. The Morgan fingerprint density at radius 2 is 1.35 bits per heavy atom. The smallest absolute Gasteiger partial charge is 0.216 e. The van der Waals surface area contributed by atoms with E-state index in [9.17, 15) is 0 Å². The predicted octanol–water partition coefficient (Wildman–Crippen LogP) is 14.6. The maximum absolute atomic E-state index is 6.61. The number of aryl methyl sites for hydroxylation is 4. The van der Waals surface area contributed by atoms with Crippen molar-refractivity contribution < 1.29 is 24.5 Å². The van der Waals surface area contributed by atoms with E-state index in [1.54, 1.807) is 4.40 Å². The van der Waals surface area contributed by atoms with Crippen LogP contribution in [0, 0.1) is 45.7 Å². The third-order valence-electron chi connectivity index (χ3n) is 12.1. The van der Waals surface area contributed by atoms with E-state index in [-0.39, 0.29) is 20.1 Å². The standard InChI is InChI=1S/C40H30N3O.C18H24GeN.Ir/c1-24-12-10-13-25(2)36(24)34-21-20-31-30-16-11-17-32(38(30)44-40(31)42-34)39-41-33-18-8-9-19-35(33)43(39)37-26(3)22-29(23-27(37)4)28-14-6-5-7-15-28;1-14(2)11-16-12-18(15-9-7-6-8-10-15)20-13-17(16)19(3,4)5;/h5-16,18-23H,1-4H3;6-9,12-14H,11H2,1-5H3;/q2*-1;. The van der Waals surface area contributed by atoms with Gasteiger partial charge in [-0.25, -0.2) is 4.98 Å². The monoisotopic (exact) mass is 1090 g/mol. The largest absolute Gasteiger partial charge is 0.486 e.